The summed E-state index contributed by atoms with van der Waals surface area (Å²) in [4.78, 5) is 4.26. The second kappa shape index (κ2) is 5.74. The summed E-state index contributed by atoms with van der Waals surface area (Å²) >= 11 is 6.51. The van der Waals surface area contributed by atoms with Gasteiger partial charge in [-0.25, -0.2) is 0 Å². The Kier molecular flexibility index (Phi) is 4.25. The van der Waals surface area contributed by atoms with Gasteiger partial charge in [0.2, 0.25) is 0 Å². The third kappa shape index (κ3) is 2.52. The maximum absolute atomic E-state index is 6.51. The molecule has 0 N–H and O–H groups in total. The second-order valence-corrected chi connectivity index (χ2v) is 5.27. The zero-order valence-corrected chi connectivity index (χ0v) is 12.7. The van der Waals surface area contributed by atoms with Crippen molar-refractivity contribution < 1.29 is 0 Å². The summed E-state index contributed by atoms with van der Waals surface area (Å²) < 4.78 is 1.98. The summed E-state index contributed by atoms with van der Waals surface area (Å²) in [6.07, 6.45) is 4.57. The van der Waals surface area contributed by atoms with Crippen molar-refractivity contribution in [2.75, 3.05) is 0 Å². The Labute approximate surface area is 119 Å². The number of nitrogens with zero attached hydrogens (tertiary/aromatic N) is 3. The molecule has 0 fully saturated rings. The van der Waals surface area contributed by atoms with E-state index in [1.54, 1.807) is 0 Å². The number of hydrogen-bond acceptors (Lipinski definition) is 2. The number of pyridine rings is 1. The lowest BCUT2D eigenvalue weighted by atomic mass is 9.97. The molecular weight excluding hydrogens is 258 g/mol. The summed E-state index contributed by atoms with van der Waals surface area (Å²) in [5.41, 5.74) is 4.31. The van der Waals surface area contributed by atoms with Crippen molar-refractivity contribution in [2.45, 2.75) is 46.6 Å². The predicted molar refractivity (Wildman–Crippen MR) is 79.6 cm³/mol. The van der Waals surface area contributed by atoms with Crippen molar-refractivity contribution in [3.8, 4) is 11.3 Å². The van der Waals surface area contributed by atoms with Gasteiger partial charge < -0.3 is 0 Å². The number of aryl methyl sites for hydroxylation is 2. The molecule has 2 aromatic rings. The van der Waals surface area contributed by atoms with E-state index >= 15 is 0 Å². The van der Waals surface area contributed by atoms with Gasteiger partial charge in [-0.15, -0.1) is 0 Å². The first-order chi connectivity index (χ1) is 9.10. The molecule has 0 aromatic carbocycles. The van der Waals surface area contributed by atoms with Crippen LogP contribution in [0.5, 0.6) is 0 Å². The molecule has 0 radical (unpaired) electrons. The molecule has 19 heavy (non-hydrogen) atoms. The average molecular weight is 278 g/mol. The first kappa shape index (κ1) is 14.1. The van der Waals surface area contributed by atoms with Gasteiger partial charge in [-0.3, -0.25) is 9.67 Å². The first-order valence-corrected chi connectivity index (χ1v) is 7.17. The molecule has 3 nitrogen and oxygen atoms in total. The maximum atomic E-state index is 6.51. The minimum Gasteiger partial charge on any atom is -0.264 e. The number of aromatic nitrogens is 3. The molecule has 0 saturated carbocycles. The highest BCUT2D eigenvalue weighted by molar-refractivity contribution is 6.33. The second-order valence-electron chi connectivity index (χ2n) is 4.90. The van der Waals surface area contributed by atoms with Gasteiger partial charge in [-0.2, -0.15) is 5.10 Å². The van der Waals surface area contributed by atoms with E-state index in [0.29, 0.717) is 5.92 Å². The number of rotatable bonds is 4. The van der Waals surface area contributed by atoms with Gasteiger partial charge in [-0.1, -0.05) is 32.4 Å². The van der Waals surface area contributed by atoms with Crippen molar-refractivity contribution in [3.05, 3.63) is 34.7 Å². The summed E-state index contributed by atoms with van der Waals surface area (Å²) in [6, 6.07) is 2.06. The fraction of sp³-hybridized carbons (Fsp3) is 0.467. The van der Waals surface area contributed by atoms with Crippen LogP contribution >= 0.6 is 11.6 Å². The number of halogens is 1. The minimum absolute atomic E-state index is 0.430. The molecule has 2 rings (SSSR count). The Morgan fingerprint density at radius 2 is 2.05 bits per heavy atom. The number of hydrogen-bond donors (Lipinski definition) is 0. The lowest BCUT2D eigenvalue weighted by Crippen LogP contribution is -2.02. The highest BCUT2D eigenvalue weighted by Crippen LogP contribution is 2.35. The van der Waals surface area contributed by atoms with E-state index in [2.05, 4.69) is 43.8 Å². The van der Waals surface area contributed by atoms with Crippen LogP contribution in [0, 0.1) is 0 Å². The molecule has 0 spiro atoms. The molecule has 102 valence electrons. The van der Waals surface area contributed by atoms with Gasteiger partial charge in [0.15, 0.2) is 0 Å². The molecule has 0 aliphatic carbocycles. The average Bonchev–Trinajstić information content (AvgIpc) is 2.74. The van der Waals surface area contributed by atoms with Crippen molar-refractivity contribution in [1.29, 1.82) is 0 Å². The summed E-state index contributed by atoms with van der Waals surface area (Å²) in [6.45, 7) is 9.32. The van der Waals surface area contributed by atoms with E-state index in [0.717, 1.165) is 34.9 Å². The van der Waals surface area contributed by atoms with E-state index in [1.165, 1.54) is 5.56 Å². The van der Waals surface area contributed by atoms with E-state index in [4.69, 9.17) is 11.6 Å². The van der Waals surface area contributed by atoms with Crippen LogP contribution in [0.25, 0.3) is 11.3 Å². The predicted octanol–water partition coefficient (Wildman–Crippen LogP) is 4.30. The molecule has 0 aliphatic heterocycles. The van der Waals surface area contributed by atoms with Crippen LogP contribution in [0.1, 0.15) is 44.9 Å². The largest absolute Gasteiger partial charge is 0.264 e. The Bertz CT molecular complexity index is 573. The molecule has 2 aromatic heterocycles. The Morgan fingerprint density at radius 1 is 1.32 bits per heavy atom. The van der Waals surface area contributed by atoms with Gasteiger partial charge in [0, 0.05) is 24.5 Å². The van der Waals surface area contributed by atoms with Crippen molar-refractivity contribution in [2.24, 2.45) is 0 Å². The van der Waals surface area contributed by atoms with Crippen molar-refractivity contribution >= 4 is 11.6 Å². The summed E-state index contributed by atoms with van der Waals surface area (Å²) in [5.74, 6) is 0.430. The van der Waals surface area contributed by atoms with E-state index in [1.807, 2.05) is 17.1 Å². The summed E-state index contributed by atoms with van der Waals surface area (Å²) in [5, 5.41) is 5.34. The molecule has 0 amide bonds. The lowest BCUT2D eigenvalue weighted by Gasteiger charge is -2.13. The Morgan fingerprint density at radius 3 is 2.63 bits per heavy atom. The highest BCUT2D eigenvalue weighted by atomic mass is 35.5. The molecule has 4 heteroatoms. The van der Waals surface area contributed by atoms with Crippen molar-refractivity contribution in [3.63, 3.8) is 0 Å². The zero-order valence-electron chi connectivity index (χ0n) is 11.9. The lowest BCUT2D eigenvalue weighted by molar-refractivity contribution is 0.654. The quantitative estimate of drug-likeness (QED) is 0.834. The third-order valence-electron chi connectivity index (χ3n) is 3.33. The minimum atomic E-state index is 0.430. The van der Waals surface area contributed by atoms with Crippen molar-refractivity contribution in [1.82, 2.24) is 14.8 Å². The van der Waals surface area contributed by atoms with E-state index in [-0.39, 0.29) is 0 Å². The zero-order chi connectivity index (χ0) is 14.0. The van der Waals surface area contributed by atoms with Gasteiger partial charge in [-0.05, 0) is 30.9 Å². The SMILES string of the molecule is CCc1nn(CC)c(-c2cnccc2C(C)C)c1Cl. The van der Waals surface area contributed by atoms with Gasteiger partial charge in [0.05, 0.1) is 16.4 Å². The molecule has 0 bridgehead atoms. The van der Waals surface area contributed by atoms with Gasteiger partial charge in [0.25, 0.3) is 0 Å². The van der Waals surface area contributed by atoms with Crippen LogP contribution in [-0.4, -0.2) is 14.8 Å². The Hall–Kier alpha value is -1.35. The van der Waals surface area contributed by atoms with E-state index < -0.39 is 0 Å². The van der Waals surface area contributed by atoms with Crippen LogP contribution in [-0.2, 0) is 13.0 Å². The van der Waals surface area contributed by atoms with Crippen LogP contribution in [0.2, 0.25) is 5.02 Å². The van der Waals surface area contributed by atoms with Crippen LogP contribution in [0.15, 0.2) is 18.5 Å². The summed E-state index contributed by atoms with van der Waals surface area (Å²) in [7, 11) is 0. The topological polar surface area (TPSA) is 30.7 Å². The monoisotopic (exact) mass is 277 g/mol. The van der Waals surface area contributed by atoms with Gasteiger partial charge >= 0.3 is 0 Å². The molecule has 2 heterocycles. The molecular formula is C15H20ClN3. The standard InChI is InChI=1S/C15H20ClN3/c1-5-13-14(16)15(19(6-2)18-13)12-9-17-8-7-11(12)10(3)4/h7-10H,5-6H2,1-4H3. The Balaban J connectivity index is 2.68. The molecule has 0 unspecified atom stereocenters. The fourth-order valence-corrected chi connectivity index (χ4v) is 2.68. The fourth-order valence-electron chi connectivity index (χ4n) is 2.31. The first-order valence-electron chi connectivity index (χ1n) is 6.79. The third-order valence-corrected chi connectivity index (χ3v) is 3.72. The highest BCUT2D eigenvalue weighted by Gasteiger charge is 2.19. The van der Waals surface area contributed by atoms with E-state index in [9.17, 15) is 0 Å². The van der Waals surface area contributed by atoms with Gasteiger partial charge in [0.1, 0.15) is 0 Å². The van der Waals surface area contributed by atoms with Crippen LogP contribution in [0.4, 0.5) is 0 Å². The molecule has 0 atom stereocenters. The van der Waals surface area contributed by atoms with Crippen LogP contribution in [0.3, 0.4) is 0 Å². The normalized spacial score (nSPS) is 11.3. The molecule has 0 aliphatic rings. The smallest absolute Gasteiger partial charge is 0.0898 e. The maximum Gasteiger partial charge on any atom is 0.0898 e. The molecule has 0 saturated heterocycles. The van der Waals surface area contributed by atoms with Crippen LogP contribution < -0.4 is 0 Å².